The summed E-state index contributed by atoms with van der Waals surface area (Å²) < 4.78 is 2.05. The number of aldehydes is 1. The molecule has 1 aromatic heterocycles. The maximum absolute atomic E-state index is 11.6. The van der Waals surface area contributed by atoms with Crippen LogP contribution in [0.15, 0.2) is 48.5 Å². The molecule has 0 bridgehead atoms. The van der Waals surface area contributed by atoms with E-state index in [1.807, 2.05) is 28.8 Å². The maximum atomic E-state index is 11.6. The van der Waals surface area contributed by atoms with E-state index in [-0.39, 0.29) is 6.54 Å². The molecule has 0 atom stereocenters. The molecule has 1 fully saturated rings. The molecule has 0 amide bonds. The smallest absolute Gasteiger partial charge is 0.335 e. The lowest BCUT2D eigenvalue weighted by Crippen LogP contribution is -2.07. The van der Waals surface area contributed by atoms with E-state index < -0.39 is 5.97 Å². The number of carbonyl (C=O) groups is 2. The van der Waals surface area contributed by atoms with E-state index in [9.17, 15) is 14.7 Å². The SMILES string of the molecule is O=CCn1c(-c2ccccc2)c(C2CCCCC2)c2cc(C(=O)O)ccc21. The minimum absolute atomic E-state index is 0.264. The molecule has 4 rings (SSSR count). The molecule has 0 aliphatic heterocycles. The van der Waals surface area contributed by atoms with Crippen LogP contribution in [0.4, 0.5) is 0 Å². The Morgan fingerprint density at radius 2 is 1.81 bits per heavy atom. The van der Waals surface area contributed by atoms with Gasteiger partial charge in [0.1, 0.15) is 6.29 Å². The third-order valence-electron chi connectivity index (χ3n) is 5.67. The van der Waals surface area contributed by atoms with E-state index >= 15 is 0 Å². The fourth-order valence-corrected chi connectivity index (χ4v) is 4.49. The Labute approximate surface area is 158 Å². The van der Waals surface area contributed by atoms with Crippen LogP contribution in [0.5, 0.6) is 0 Å². The average molecular weight is 361 g/mol. The molecule has 0 radical (unpaired) electrons. The second-order valence-electron chi connectivity index (χ2n) is 7.28. The van der Waals surface area contributed by atoms with Crippen molar-refractivity contribution in [2.24, 2.45) is 0 Å². The van der Waals surface area contributed by atoms with Crippen LogP contribution in [0.2, 0.25) is 0 Å². The van der Waals surface area contributed by atoms with Crippen LogP contribution in [-0.4, -0.2) is 21.9 Å². The summed E-state index contributed by atoms with van der Waals surface area (Å²) in [6, 6.07) is 15.4. The number of carboxylic acid groups (broad SMARTS) is 1. The first-order valence-electron chi connectivity index (χ1n) is 9.59. The first-order chi connectivity index (χ1) is 13.2. The average Bonchev–Trinajstić information content (AvgIpc) is 3.03. The van der Waals surface area contributed by atoms with E-state index in [0.717, 1.165) is 41.3 Å². The van der Waals surface area contributed by atoms with Gasteiger partial charge < -0.3 is 14.5 Å². The predicted octanol–water partition coefficient (Wildman–Crippen LogP) is 5.25. The molecule has 0 spiro atoms. The summed E-state index contributed by atoms with van der Waals surface area (Å²) in [6.45, 7) is 0.264. The molecule has 27 heavy (non-hydrogen) atoms. The van der Waals surface area contributed by atoms with Gasteiger partial charge in [-0.05, 0) is 48.1 Å². The van der Waals surface area contributed by atoms with Crippen molar-refractivity contribution in [3.8, 4) is 11.3 Å². The number of carboxylic acids is 1. The third-order valence-corrected chi connectivity index (χ3v) is 5.67. The van der Waals surface area contributed by atoms with Gasteiger partial charge in [-0.15, -0.1) is 0 Å². The number of aromatic nitrogens is 1. The van der Waals surface area contributed by atoms with Crippen molar-refractivity contribution in [1.29, 1.82) is 0 Å². The van der Waals surface area contributed by atoms with E-state index in [2.05, 4.69) is 12.1 Å². The Morgan fingerprint density at radius 3 is 2.48 bits per heavy atom. The van der Waals surface area contributed by atoms with Gasteiger partial charge in [-0.25, -0.2) is 4.79 Å². The first kappa shape index (κ1) is 17.5. The maximum Gasteiger partial charge on any atom is 0.335 e. The summed E-state index contributed by atoms with van der Waals surface area (Å²) in [5.41, 5.74) is 4.58. The normalized spacial score (nSPS) is 15.1. The van der Waals surface area contributed by atoms with Crippen LogP contribution in [-0.2, 0) is 11.3 Å². The number of hydrogen-bond acceptors (Lipinski definition) is 2. The number of aromatic carboxylic acids is 1. The zero-order chi connectivity index (χ0) is 18.8. The molecule has 1 heterocycles. The van der Waals surface area contributed by atoms with Crippen molar-refractivity contribution in [2.45, 2.75) is 44.6 Å². The second kappa shape index (κ2) is 7.39. The van der Waals surface area contributed by atoms with E-state index in [4.69, 9.17) is 0 Å². The highest BCUT2D eigenvalue weighted by Gasteiger charge is 2.26. The number of hydrogen-bond donors (Lipinski definition) is 1. The molecule has 1 aliphatic carbocycles. The zero-order valence-corrected chi connectivity index (χ0v) is 15.2. The Morgan fingerprint density at radius 1 is 1.07 bits per heavy atom. The molecule has 4 heteroatoms. The lowest BCUT2D eigenvalue weighted by atomic mass is 9.81. The summed E-state index contributed by atoms with van der Waals surface area (Å²) in [6.07, 6.45) is 6.77. The molecule has 3 aromatic rings. The fourth-order valence-electron chi connectivity index (χ4n) is 4.49. The molecule has 0 unspecified atom stereocenters. The van der Waals surface area contributed by atoms with Gasteiger partial charge in [0.05, 0.1) is 17.8 Å². The van der Waals surface area contributed by atoms with Crippen molar-refractivity contribution in [3.63, 3.8) is 0 Å². The number of benzene rings is 2. The van der Waals surface area contributed by atoms with Crippen molar-refractivity contribution >= 4 is 23.2 Å². The van der Waals surface area contributed by atoms with Crippen LogP contribution in [0.25, 0.3) is 22.2 Å². The minimum Gasteiger partial charge on any atom is -0.478 e. The quantitative estimate of drug-likeness (QED) is 0.631. The Kier molecular flexibility index (Phi) is 4.80. The van der Waals surface area contributed by atoms with Crippen molar-refractivity contribution in [3.05, 3.63) is 59.7 Å². The molecule has 1 N–H and O–H groups in total. The van der Waals surface area contributed by atoms with Crippen molar-refractivity contribution in [1.82, 2.24) is 4.57 Å². The summed E-state index contributed by atoms with van der Waals surface area (Å²) >= 11 is 0. The molecule has 0 saturated heterocycles. The Bertz CT molecular complexity index is 982. The van der Waals surface area contributed by atoms with E-state index in [1.54, 1.807) is 12.1 Å². The molecule has 2 aromatic carbocycles. The standard InChI is InChI=1S/C23H23NO3/c25-14-13-24-20-12-11-18(23(26)27)15-19(20)21(16-7-3-1-4-8-16)22(24)17-9-5-2-6-10-17/h2,5-6,9-12,14-16H,1,3-4,7-8,13H2,(H,26,27). The van der Waals surface area contributed by atoms with Gasteiger partial charge in [0, 0.05) is 10.9 Å². The largest absolute Gasteiger partial charge is 0.478 e. The van der Waals surface area contributed by atoms with Gasteiger partial charge in [-0.3, -0.25) is 0 Å². The van der Waals surface area contributed by atoms with E-state index in [0.29, 0.717) is 11.5 Å². The van der Waals surface area contributed by atoms with E-state index in [1.165, 1.54) is 24.8 Å². The number of fused-ring (bicyclic) bond motifs is 1. The van der Waals surface area contributed by atoms with Crippen molar-refractivity contribution < 1.29 is 14.7 Å². The van der Waals surface area contributed by atoms with Crippen LogP contribution >= 0.6 is 0 Å². The zero-order valence-electron chi connectivity index (χ0n) is 15.2. The third kappa shape index (κ3) is 3.16. The summed E-state index contributed by atoms with van der Waals surface area (Å²) in [7, 11) is 0. The predicted molar refractivity (Wildman–Crippen MR) is 106 cm³/mol. The van der Waals surface area contributed by atoms with Crippen LogP contribution in [0.1, 0.15) is 53.9 Å². The van der Waals surface area contributed by atoms with Gasteiger partial charge >= 0.3 is 5.97 Å². The van der Waals surface area contributed by atoms with Crippen LogP contribution in [0.3, 0.4) is 0 Å². The lowest BCUT2D eigenvalue weighted by molar-refractivity contribution is -0.108. The molecular formula is C23H23NO3. The van der Waals surface area contributed by atoms with Gasteiger partial charge in [0.25, 0.3) is 0 Å². The molecular weight excluding hydrogens is 338 g/mol. The summed E-state index contributed by atoms with van der Waals surface area (Å²) in [5.74, 6) is -0.524. The topological polar surface area (TPSA) is 59.3 Å². The second-order valence-corrected chi connectivity index (χ2v) is 7.28. The highest BCUT2D eigenvalue weighted by atomic mass is 16.4. The highest BCUT2D eigenvalue weighted by Crippen LogP contribution is 2.44. The summed E-state index contributed by atoms with van der Waals surface area (Å²) in [4.78, 5) is 23.0. The number of carbonyl (C=O) groups excluding carboxylic acids is 1. The van der Waals surface area contributed by atoms with Crippen LogP contribution < -0.4 is 0 Å². The molecule has 138 valence electrons. The Hall–Kier alpha value is -2.88. The van der Waals surface area contributed by atoms with Gasteiger partial charge in [-0.1, -0.05) is 49.6 Å². The van der Waals surface area contributed by atoms with Gasteiger partial charge in [-0.2, -0.15) is 0 Å². The van der Waals surface area contributed by atoms with Crippen LogP contribution in [0, 0.1) is 0 Å². The van der Waals surface area contributed by atoms with Gasteiger partial charge in [0.15, 0.2) is 0 Å². The fraction of sp³-hybridized carbons (Fsp3) is 0.304. The molecule has 1 aliphatic rings. The first-order valence-corrected chi connectivity index (χ1v) is 9.59. The number of rotatable bonds is 5. The highest BCUT2D eigenvalue weighted by molar-refractivity contribution is 5.98. The lowest BCUT2D eigenvalue weighted by Gasteiger charge is -2.23. The Balaban J connectivity index is 2.05. The monoisotopic (exact) mass is 361 g/mol. The molecule has 4 nitrogen and oxygen atoms in total. The number of nitrogens with zero attached hydrogens (tertiary/aromatic N) is 1. The van der Waals surface area contributed by atoms with Gasteiger partial charge in [0.2, 0.25) is 0 Å². The minimum atomic E-state index is -0.920. The van der Waals surface area contributed by atoms with Crippen molar-refractivity contribution in [2.75, 3.05) is 0 Å². The summed E-state index contributed by atoms with van der Waals surface area (Å²) in [5, 5.41) is 10.5. The molecule has 1 saturated carbocycles.